The molecule has 0 aliphatic rings. The maximum atomic E-state index is 11.7. The lowest BCUT2D eigenvalue weighted by molar-refractivity contribution is 0.0524. The molecule has 2 aromatic rings. The van der Waals surface area contributed by atoms with E-state index in [-0.39, 0.29) is 11.9 Å². The predicted molar refractivity (Wildman–Crippen MR) is 65.6 cm³/mol. The van der Waals surface area contributed by atoms with Crippen LogP contribution in [0.1, 0.15) is 48.6 Å². The first kappa shape index (κ1) is 12.5. The monoisotopic (exact) mass is 248 g/mol. The standard InChI is InChI=1S/C12H16N4O2/c1-5-18-11(17)9-6-16-12(13-8(9)4)14-10(15-16)7(2)3/h6-7H,5H2,1-4H3. The normalized spacial score (nSPS) is 11.2. The first-order chi connectivity index (χ1) is 8.52. The van der Waals surface area contributed by atoms with Crippen molar-refractivity contribution in [2.75, 3.05) is 6.61 Å². The molecule has 0 bridgehead atoms. The number of hydrogen-bond acceptors (Lipinski definition) is 5. The van der Waals surface area contributed by atoms with Gasteiger partial charge in [-0.05, 0) is 13.8 Å². The Morgan fingerprint density at radius 2 is 2.17 bits per heavy atom. The van der Waals surface area contributed by atoms with Gasteiger partial charge < -0.3 is 4.74 Å². The molecule has 0 saturated heterocycles. The van der Waals surface area contributed by atoms with Gasteiger partial charge >= 0.3 is 5.97 Å². The van der Waals surface area contributed by atoms with Crippen molar-refractivity contribution < 1.29 is 9.53 Å². The van der Waals surface area contributed by atoms with Crippen LogP contribution in [0.15, 0.2) is 6.20 Å². The molecule has 0 fully saturated rings. The zero-order valence-corrected chi connectivity index (χ0v) is 11.0. The largest absolute Gasteiger partial charge is 0.462 e. The Kier molecular flexibility index (Phi) is 3.27. The third-order valence-corrected chi connectivity index (χ3v) is 2.55. The third-order valence-electron chi connectivity index (χ3n) is 2.55. The molecule has 0 radical (unpaired) electrons. The van der Waals surface area contributed by atoms with E-state index in [9.17, 15) is 4.79 Å². The van der Waals surface area contributed by atoms with Gasteiger partial charge in [0.15, 0.2) is 5.82 Å². The highest BCUT2D eigenvalue weighted by Crippen LogP contribution is 2.13. The first-order valence-corrected chi connectivity index (χ1v) is 5.94. The number of rotatable bonds is 3. The van der Waals surface area contributed by atoms with E-state index < -0.39 is 0 Å². The highest BCUT2D eigenvalue weighted by Gasteiger charge is 2.15. The van der Waals surface area contributed by atoms with Gasteiger partial charge in [0.1, 0.15) is 0 Å². The highest BCUT2D eigenvalue weighted by molar-refractivity contribution is 5.90. The van der Waals surface area contributed by atoms with Gasteiger partial charge in [-0.15, -0.1) is 5.10 Å². The van der Waals surface area contributed by atoms with Crippen molar-refractivity contribution in [1.29, 1.82) is 0 Å². The lowest BCUT2D eigenvalue weighted by Gasteiger charge is -2.04. The van der Waals surface area contributed by atoms with Gasteiger partial charge in [-0.2, -0.15) is 4.98 Å². The van der Waals surface area contributed by atoms with Gasteiger partial charge in [-0.25, -0.2) is 14.3 Å². The Morgan fingerprint density at radius 1 is 1.44 bits per heavy atom. The molecule has 0 aromatic carbocycles. The number of ether oxygens (including phenoxy) is 1. The van der Waals surface area contributed by atoms with E-state index in [0.29, 0.717) is 29.5 Å². The van der Waals surface area contributed by atoms with Gasteiger partial charge in [-0.1, -0.05) is 13.8 Å². The summed E-state index contributed by atoms with van der Waals surface area (Å²) in [6.45, 7) is 7.88. The average Bonchev–Trinajstić information content (AvgIpc) is 2.71. The quantitative estimate of drug-likeness (QED) is 0.774. The summed E-state index contributed by atoms with van der Waals surface area (Å²) in [6, 6.07) is 0. The van der Waals surface area contributed by atoms with Gasteiger partial charge in [0.2, 0.25) is 0 Å². The summed E-state index contributed by atoms with van der Waals surface area (Å²) in [7, 11) is 0. The lowest BCUT2D eigenvalue weighted by Crippen LogP contribution is -2.10. The summed E-state index contributed by atoms with van der Waals surface area (Å²) in [5.41, 5.74) is 1.02. The molecule has 0 N–H and O–H groups in total. The van der Waals surface area contributed by atoms with E-state index in [1.807, 2.05) is 13.8 Å². The molecule has 0 atom stereocenters. The van der Waals surface area contributed by atoms with Gasteiger partial charge in [-0.3, -0.25) is 0 Å². The molecule has 18 heavy (non-hydrogen) atoms. The fraction of sp³-hybridized carbons (Fsp3) is 0.500. The second-order valence-corrected chi connectivity index (χ2v) is 4.33. The third kappa shape index (κ3) is 2.18. The molecule has 2 aromatic heterocycles. The van der Waals surface area contributed by atoms with Crippen molar-refractivity contribution >= 4 is 11.7 Å². The minimum Gasteiger partial charge on any atom is -0.462 e. The van der Waals surface area contributed by atoms with Crippen LogP contribution in [0.4, 0.5) is 0 Å². The Labute approximate surface area is 105 Å². The Morgan fingerprint density at radius 3 is 2.78 bits per heavy atom. The summed E-state index contributed by atoms with van der Waals surface area (Å²) >= 11 is 0. The number of aryl methyl sites for hydroxylation is 1. The van der Waals surface area contributed by atoms with Crippen molar-refractivity contribution in [2.45, 2.75) is 33.6 Å². The maximum absolute atomic E-state index is 11.7. The number of hydrogen-bond donors (Lipinski definition) is 0. The van der Waals surface area contributed by atoms with Gasteiger partial charge in [0.25, 0.3) is 5.78 Å². The number of carbonyl (C=O) groups excluding carboxylic acids is 1. The number of esters is 1. The smallest absolute Gasteiger partial charge is 0.341 e. The second kappa shape index (κ2) is 4.72. The van der Waals surface area contributed by atoms with Crippen LogP contribution in [0, 0.1) is 6.92 Å². The van der Waals surface area contributed by atoms with E-state index in [2.05, 4.69) is 15.1 Å². The van der Waals surface area contributed by atoms with Crippen molar-refractivity contribution in [2.24, 2.45) is 0 Å². The summed E-state index contributed by atoms with van der Waals surface area (Å²) in [5, 5.41) is 4.29. The molecule has 96 valence electrons. The van der Waals surface area contributed by atoms with E-state index in [1.165, 1.54) is 4.52 Å². The maximum Gasteiger partial charge on any atom is 0.341 e. The first-order valence-electron chi connectivity index (χ1n) is 5.94. The van der Waals surface area contributed by atoms with Crippen LogP contribution in [0.2, 0.25) is 0 Å². The topological polar surface area (TPSA) is 69.4 Å². The molecule has 2 rings (SSSR count). The molecular formula is C12H16N4O2. The summed E-state index contributed by atoms with van der Waals surface area (Å²) < 4.78 is 6.49. The molecule has 6 heteroatoms. The molecule has 0 spiro atoms. The SMILES string of the molecule is CCOC(=O)c1cn2nc(C(C)C)nc2nc1C. The zero-order chi connectivity index (χ0) is 13.3. The molecular weight excluding hydrogens is 232 g/mol. The van der Waals surface area contributed by atoms with E-state index in [1.54, 1.807) is 20.0 Å². The van der Waals surface area contributed by atoms with E-state index in [4.69, 9.17) is 4.74 Å². The van der Waals surface area contributed by atoms with E-state index >= 15 is 0 Å². The van der Waals surface area contributed by atoms with Crippen molar-refractivity contribution in [3.63, 3.8) is 0 Å². The van der Waals surface area contributed by atoms with Crippen LogP contribution in [0.25, 0.3) is 5.78 Å². The summed E-state index contributed by atoms with van der Waals surface area (Å²) in [5.74, 6) is 1.05. The lowest BCUT2D eigenvalue weighted by atomic mass is 10.2. The number of fused-ring (bicyclic) bond motifs is 1. The molecule has 6 nitrogen and oxygen atoms in total. The minimum atomic E-state index is -0.383. The van der Waals surface area contributed by atoms with Crippen molar-refractivity contribution in [1.82, 2.24) is 19.6 Å². The Hall–Kier alpha value is -1.98. The molecule has 0 aliphatic heterocycles. The van der Waals surface area contributed by atoms with Crippen molar-refractivity contribution in [3.05, 3.63) is 23.3 Å². The van der Waals surface area contributed by atoms with Crippen LogP contribution in [0.5, 0.6) is 0 Å². The van der Waals surface area contributed by atoms with Crippen LogP contribution in [0.3, 0.4) is 0 Å². The highest BCUT2D eigenvalue weighted by atomic mass is 16.5. The van der Waals surface area contributed by atoms with Gasteiger partial charge in [0.05, 0.1) is 17.9 Å². The second-order valence-electron chi connectivity index (χ2n) is 4.33. The van der Waals surface area contributed by atoms with Gasteiger partial charge in [0, 0.05) is 12.1 Å². The van der Waals surface area contributed by atoms with Crippen LogP contribution in [-0.2, 0) is 4.74 Å². The van der Waals surface area contributed by atoms with E-state index in [0.717, 1.165) is 0 Å². The Bertz CT molecular complexity index is 589. The zero-order valence-electron chi connectivity index (χ0n) is 11.0. The van der Waals surface area contributed by atoms with Crippen molar-refractivity contribution in [3.8, 4) is 0 Å². The van der Waals surface area contributed by atoms with Crippen LogP contribution in [-0.4, -0.2) is 32.2 Å². The van der Waals surface area contributed by atoms with Crippen LogP contribution < -0.4 is 0 Å². The fourth-order valence-corrected chi connectivity index (χ4v) is 1.57. The Balaban J connectivity index is 2.50. The molecule has 2 heterocycles. The number of aromatic nitrogens is 4. The summed E-state index contributed by atoms with van der Waals surface area (Å²) in [6.07, 6.45) is 1.62. The number of nitrogens with zero attached hydrogens (tertiary/aromatic N) is 4. The minimum absolute atomic E-state index is 0.220. The number of carbonyl (C=O) groups is 1. The summed E-state index contributed by atoms with van der Waals surface area (Å²) in [4.78, 5) is 20.3. The average molecular weight is 248 g/mol. The fourth-order valence-electron chi connectivity index (χ4n) is 1.57. The molecule has 0 saturated carbocycles. The molecule has 0 amide bonds. The predicted octanol–water partition coefficient (Wildman–Crippen LogP) is 1.73. The molecule has 0 aliphatic carbocycles. The van der Waals surface area contributed by atoms with Crippen LogP contribution >= 0.6 is 0 Å². The molecule has 0 unspecified atom stereocenters.